The number of anilines is 1. The Hall–Kier alpha value is -2.72. The van der Waals surface area contributed by atoms with Crippen LogP contribution in [0.25, 0.3) is 11.1 Å². The molecule has 172 valence electrons. The van der Waals surface area contributed by atoms with Crippen LogP contribution in [0.5, 0.6) is 0 Å². The Bertz CT molecular complexity index is 1150. The normalized spacial score (nSPS) is 17.8. The van der Waals surface area contributed by atoms with Crippen LogP contribution in [0.2, 0.25) is 0 Å². The van der Waals surface area contributed by atoms with Crippen molar-refractivity contribution in [3.63, 3.8) is 0 Å². The van der Waals surface area contributed by atoms with Crippen molar-refractivity contribution in [2.24, 2.45) is 5.92 Å². The highest BCUT2D eigenvalue weighted by atomic mass is 16.3. The molecule has 4 nitrogen and oxygen atoms in total. The molecule has 1 fully saturated rings. The number of aliphatic hydroxyl groups excluding tert-OH is 1. The summed E-state index contributed by atoms with van der Waals surface area (Å²) < 4.78 is 0. The number of nitrogens with zero attached hydrogens (tertiary/aromatic N) is 3. The molecule has 1 atom stereocenters. The van der Waals surface area contributed by atoms with Gasteiger partial charge in [0.25, 0.3) is 0 Å². The van der Waals surface area contributed by atoms with Crippen LogP contribution in [0.4, 0.5) is 5.82 Å². The van der Waals surface area contributed by atoms with E-state index in [-0.39, 0.29) is 6.61 Å². The first kappa shape index (κ1) is 22.1. The van der Waals surface area contributed by atoms with Crippen LogP contribution in [0.3, 0.4) is 0 Å². The Morgan fingerprint density at radius 3 is 2.36 bits per heavy atom. The standard InChI is InChI=1S/C29H35N3O/c1-18-15-19(2)23(20(3)16-18)9-10-26-24-7-5-6-8-25(24)27-28(26)30-21(4)31-29(27)32-13-11-22(17-33)12-14-32/h5-8,15-16,22,26,33H,9-14,17H2,1-4H3. The fourth-order valence-corrected chi connectivity index (χ4v) is 6.01. The summed E-state index contributed by atoms with van der Waals surface area (Å²) in [4.78, 5) is 12.4. The zero-order chi connectivity index (χ0) is 23.1. The van der Waals surface area contributed by atoms with E-state index >= 15 is 0 Å². The first-order valence-corrected chi connectivity index (χ1v) is 12.4. The zero-order valence-electron chi connectivity index (χ0n) is 20.4. The van der Waals surface area contributed by atoms with Gasteiger partial charge in [-0.15, -0.1) is 0 Å². The van der Waals surface area contributed by atoms with Crippen LogP contribution in [-0.4, -0.2) is 34.8 Å². The number of aromatic nitrogens is 2. The Balaban J connectivity index is 1.52. The minimum absolute atomic E-state index is 0.289. The van der Waals surface area contributed by atoms with E-state index in [2.05, 4.69) is 62.1 Å². The Morgan fingerprint density at radius 2 is 1.67 bits per heavy atom. The van der Waals surface area contributed by atoms with E-state index in [9.17, 15) is 5.11 Å². The Labute approximate surface area is 197 Å². The number of fused-ring (bicyclic) bond motifs is 3. The van der Waals surface area contributed by atoms with Gasteiger partial charge >= 0.3 is 0 Å². The van der Waals surface area contributed by atoms with Crippen molar-refractivity contribution < 1.29 is 5.11 Å². The van der Waals surface area contributed by atoms with Gasteiger partial charge in [-0.05, 0) is 87.1 Å². The third-order valence-corrected chi connectivity index (χ3v) is 7.66. The maximum absolute atomic E-state index is 9.57. The van der Waals surface area contributed by atoms with E-state index in [1.54, 1.807) is 0 Å². The van der Waals surface area contributed by atoms with Crippen LogP contribution in [0.1, 0.15) is 64.5 Å². The fourth-order valence-electron chi connectivity index (χ4n) is 6.01. The summed E-state index contributed by atoms with van der Waals surface area (Å²) >= 11 is 0. The summed E-state index contributed by atoms with van der Waals surface area (Å²) in [6.07, 6.45) is 4.14. The van der Waals surface area contributed by atoms with E-state index in [0.717, 1.165) is 50.4 Å². The number of aliphatic hydroxyl groups is 1. The lowest BCUT2D eigenvalue weighted by molar-refractivity contribution is 0.203. The van der Waals surface area contributed by atoms with Crippen molar-refractivity contribution in [1.29, 1.82) is 0 Å². The van der Waals surface area contributed by atoms with Gasteiger partial charge in [-0.25, -0.2) is 9.97 Å². The molecule has 0 bridgehead atoms. The molecule has 2 heterocycles. The second-order valence-electron chi connectivity index (χ2n) is 10.0. The zero-order valence-corrected chi connectivity index (χ0v) is 20.4. The molecule has 1 aromatic heterocycles. The van der Waals surface area contributed by atoms with Gasteiger partial charge in [0, 0.05) is 31.2 Å². The summed E-state index contributed by atoms with van der Waals surface area (Å²) in [5, 5.41) is 9.57. The molecular weight excluding hydrogens is 406 g/mol. The molecular formula is C29H35N3O. The van der Waals surface area contributed by atoms with Gasteiger partial charge in [0.2, 0.25) is 0 Å². The highest BCUT2D eigenvalue weighted by Crippen LogP contribution is 2.49. The maximum atomic E-state index is 9.57. The lowest BCUT2D eigenvalue weighted by atomic mass is 9.89. The first-order valence-electron chi connectivity index (χ1n) is 12.4. The van der Waals surface area contributed by atoms with Gasteiger partial charge in [-0.1, -0.05) is 42.0 Å². The minimum atomic E-state index is 0.289. The SMILES string of the molecule is Cc1cc(C)c(CCC2c3ccccc3-c3c2nc(C)nc3N2CCC(CO)CC2)c(C)c1. The van der Waals surface area contributed by atoms with Crippen LogP contribution < -0.4 is 4.90 Å². The molecule has 33 heavy (non-hydrogen) atoms. The summed E-state index contributed by atoms with van der Waals surface area (Å²) in [6.45, 7) is 10.9. The molecule has 2 aliphatic rings. The molecule has 0 saturated carbocycles. The molecule has 3 aromatic rings. The minimum Gasteiger partial charge on any atom is -0.396 e. The van der Waals surface area contributed by atoms with Crippen LogP contribution in [0, 0.1) is 33.6 Å². The molecule has 1 N–H and O–H groups in total. The fraction of sp³-hybridized carbons (Fsp3) is 0.448. The van der Waals surface area contributed by atoms with Gasteiger partial charge < -0.3 is 10.0 Å². The number of hydrogen-bond donors (Lipinski definition) is 1. The quantitative estimate of drug-likeness (QED) is 0.555. The molecule has 2 aromatic carbocycles. The highest BCUT2D eigenvalue weighted by molar-refractivity contribution is 5.86. The third kappa shape index (κ3) is 4.06. The average molecular weight is 442 g/mol. The number of aryl methyl sites for hydroxylation is 4. The molecule has 0 radical (unpaired) electrons. The predicted octanol–water partition coefficient (Wildman–Crippen LogP) is 5.66. The van der Waals surface area contributed by atoms with Crippen molar-refractivity contribution in [3.05, 3.63) is 75.7 Å². The smallest absolute Gasteiger partial charge is 0.140 e. The number of benzene rings is 2. The van der Waals surface area contributed by atoms with E-state index in [1.807, 2.05) is 6.92 Å². The number of hydrogen-bond acceptors (Lipinski definition) is 4. The second kappa shape index (κ2) is 8.90. The second-order valence-corrected chi connectivity index (χ2v) is 10.0. The van der Waals surface area contributed by atoms with Gasteiger partial charge in [0.1, 0.15) is 11.6 Å². The molecule has 1 saturated heterocycles. The number of rotatable bonds is 5. The van der Waals surface area contributed by atoms with E-state index < -0.39 is 0 Å². The predicted molar refractivity (Wildman–Crippen MR) is 135 cm³/mol. The van der Waals surface area contributed by atoms with Gasteiger partial charge in [-0.3, -0.25) is 0 Å². The largest absolute Gasteiger partial charge is 0.396 e. The van der Waals surface area contributed by atoms with Gasteiger partial charge in [0.15, 0.2) is 0 Å². The molecule has 1 aliphatic carbocycles. The monoisotopic (exact) mass is 441 g/mol. The first-order chi connectivity index (χ1) is 16.0. The van der Waals surface area contributed by atoms with E-state index in [1.165, 1.54) is 44.6 Å². The number of piperidine rings is 1. The molecule has 1 aliphatic heterocycles. The lowest BCUT2D eigenvalue weighted by Crippen LogP contribution is -2.35. The molecule has 0 amide bonds. The van der Waals surface area contributed by atoms with Crippen LogP contribution in [0.15, 0.2) is 36.4 Å². The van der Waals surface area contributed by atoms with Crippen molar-refractivity contribution in [2.75, 3.05) is 24.6 Å². The Kier molecular flexibility index (Phi) is 5.96. The van der Waals surface area contributed by atoms with Crippen molar-refractivity contribution in [1.82, 2.24) is 9.97 Å². The van der Waals surface area contributed by atoms with Crippen LogP contribution >= 0.6 is 0 Å². The van der Waals surface area contributed by atoms with E-state index in [4.69, 9.17) is 9.97 Å². The van der Waals surface area contributed by atoms with Crippen molar-refractivity contribution in [3.8, 4) is 11.1 Å². The third-order valence-electron chi connectivity index (χ3n) is 7.66. The summed E-state index contributed by atoms with van der Waals surface area (Å²) in [5.41, 5.74) is 10.7. The molecule has 1 unspecified atom stereocenters. The van der Waals surface area contributed by atoms with Gasteiger partial charge in [-0.2, -0.15) is 0 Å². The van der Waals surface area contributed by atoms with Gasteiger partial charge in [0.05, 0.1) is 5.69 Å². The Morgan fingerprint density at radius 1 is 0.970 bits per heavy atom. The van der Waals surface area contributed by atoms with Crippen molar-refractivity contribution >= 4 is 5.82 Å². The molecule has 4 heteroatoms. The highest BCUT2D eigenvalue weighted by Gasteiger charge is 2.35. The maximum Gasteiger partial charge on any atom is 0.140 e. The molecule has 5 rings (SSSR count). The summed E-state index contributed by atoms with van der Waals surface area (Å²) in [7, 11) is 0. The van der Waals surface area contributed by atoms with Crippen LogP contribution in [-0.2, 0) is 6.42 Å². The average Bonchev–Trinajstić information content (AvgIpc) is 3.11. The summed E-state index contributed by atoms with van der Waals surface area (Å²) in [5.74, 6) is 2.66. The van der Waals surface area contributed by atoms with E-state index in [0.29, 0.717) is 11.8 Å². The summed E-state index contributed by atoms with van der Waals surface area (Å²) in [6, 6.07) is 13.4. The van der Waals surface area contributed by atoms with Crippen molar-refractivity contribution in [2.45, 2.75) is 59.3 Å². The lowest BCUT2D eigenvalue weighted by Gasteiger charge is -2.33. The topological polar surface area (TPSA) is 49.2 Å². The molecule has 0 spiro atoms.